The Morgan fingerprint density at radius 2 is 1.81 bits per heavy atom. The number of sulfonamides is 1. The molecule has 13 heteroatoms. The van der Waals surface area contributed by atoms with Gasteiger partial charge in [0.05, 0.1) is 7.11 Å². The van der Waals surface area contributed by atoms with Crippen LogP contribution in [0.25, 0.3) is 11.4 Å². The van der Waals surface area contributed by atoms with E-state index in [1.807, 2.05) is 24.3 Å². The van der Waals surface area contributed by atoms with Crippen LogP contribution in [0.1, 0.15) is 31.6 Å². The minimum Gasteiger partial charge on any atom is -0.497 e. The van der Waals surface area contributed by atoms with Crippen LogP contribution in [0.4, 0.5) is 0 Å². The van der Waals surface area contributed by atoms with E-state index in [0.29, 0.717) is 11.7 Å². The molecular weight excluding hydrogens is 565 g/mol. The van der Waals surface area contributed by atoms with Crippen LogP contribution in [0.15, 0.2) is 28.8 Å². The van der Waals surface area contributed by atoms with Crippen LogP contribution in [0.3, 0.4) is 0 Å². The molecule has 0 unspecified atom stereocenters. The minimum absolute atomic E-state index is 0. The molecule has 36 heavy (non-hydrogen) atoms. The maximum absolute atomic E-state index is 12.5. The molecule has 0 atom stereocenters. The molecule has 1 aromatic heterocycles. The number of nitrogens with zero attached hydrogens (tertiary/aromatic N) is 3. The fourth-order valence-corrected chi connectivity index (χ4v) is 5.43. The molecule has 1 aromatic carbocycles. The molecule has 2 N–H and O–H groups in total. The van der Waals surface area contributed by atoms with Crippen molar-refractivity contribution in [3.05, 3.63) is 50.9 Å². The average Bonchev–Trinajstić information content (AvgIpc) is 3.37. The van der Waals surface area contributed by atoms with Gasteiger partial charge in [0.1, 0.15) is 5.75 Å². The SMILES string of the molecule is [CH2-]CCCc1nc(-c2ccc(OC)cc2)no1.[CH2-]CN(C[CH2-])S(=O)(=O)C1(C(=O)NO)CCOCC1.[Y+3]. The first-order valence-electron chi connectivity index (χ1n) is 11.2. The first kappa shape index (κ1) is 32.6. The first-order valence-corrected chi connectivity index (χ1v) is 12.6. The van der Waals surface area contributed by atoms with Crippen LogP contribution in [0, 0.1) is 20.8 Å². The van der Waals surface area contributed by atoms with Gasteiger partial charge in [-0.05, 0) is 24.3 Å². The standard InChI is InChI=1S/C13H15N2O2.C10H18N2O5S.Y/c1-3-4-5-12-14-13(15-17-12)10-6-8-11(16-2)9-7-10;1-3-12(4-2)18(15,16)10(9(13)11-14)5-7-17-8-6-10;/h6-9H,1,3-5H2,2H3;14H,1-8H2,(H,11,13);/q-1;-2;+3. The van der Waals surface area contributed by atoms with Crippen LogP contribution < -0.4 is 10.2 Å². The number of aryl methyl sites for hydroxylation is 1. The van der Waals surface area contributed by atoms with Gasteiger partial charge in [-0.25, -0.2) is 13.9 Å². The van der Waals surface area contributed by atoms with E-state index in [4.69, 9.17) is 19.2 Å². The maximum atomic E-state index is 12.5. The van der Waals surface area contributed by atoms with Gasteiger partial charge in [-0.2, -0.15) is 11.4 Å². The fraction of sp³-hybridized carbons (Fsp3) is 0.478. The molecule has 1 fully saturated rings. The molecule has 0 aliphatic carbocycles. The van der Waals surface area contributed by atoms with Crippen molar-refractivity contribution in [2.24, 2.45) is 0 Å². The Hall–Kier alpha value is -1.44. The molecule has 1 saturated heterocycles. The Balaban J connectivity index is 0.000000351. The summed E-state index contributed by atoms with van der Waals surface area (Å²) < 4.78 is 39.6. The Labute approximate surface area is 238 Å². The molecule has 0 bridgehead atoms. The van der Waals surface area contributed by atoms with Gasteiger partial charge < -0.3 is 34.8 Å². The van der Waals surface area contributed by atoms with Crippen molar-refractivity contribution in [3.8, 4) is 17.1 Å². The molecule has 1 amide bonds. The number of rotatable bonds is 10. The van der Waals surface area contributed by atoms with Crippen LogP contribution in [0.5, 0.6) is 5.75 Å². The summed E-state index contributed by atoms with van der Waals surface area (Å²) in [6.45, 7) is 11.1. The normalized spacial score (nSPS) is 14.8. The topological polar surface area (TPSA) is 144 Å². The van der Waals surface area contributed by atoms with E-state index < -0.39 is 20.7 Å². The summed E-state index contributed by atoms with van der Waals surface area (Å²) in [4.78, 5) is 16.1. The van der Waals surface area contributed by atoms with E-state index >= 15 is 0 Å². The van der Waals surface area contributed by atoms with Crippen molar-refractivity contribution < 1.29 is 65.1 Å². The van der Waals surface area contributed by atoms with Gasteiger partial charge in [-0.1, -0.05) is 11.6 Å². The number of nitrogens with one attached hydrogen (secondary N) is 1. The quantitative estimate of drug-likeness (QED) is 0.239. The van der Waals surface area contributed by atoms with Gasteiger partial charge >= 0.3 is 32.7 Å². The van der Waals surface area contributed by atoms with E-state index in [9.17, 15) is 13.2 Å². The Bertz CT molecular complexity index is 1020. The zero-order chi connectivity index (χ0) is 25.9. The number of hydrogen-bond donors (Lipinski definition) is 2. The third kappa shape index (κ3) is 7.78. The number of carbonyl (C=O) groups is 1. The second kappa shape index (κ2) is 15.7. The van der Waals surface area contributed by atoms with Gasteiger partial charge in [0.25, 0.3) is 5.91 Å². The van der Waals surface area contributed by atoms with Crippen LogP contribution >= 0.6 is 0 Å². The second-order valence-corrected chi connectivity index (χ2v) is 9.90. The number of benzene rings is 1. The molecule has 0 spiro atoms. The Kier molecular flexibility index (Phi) is 14.2. The predicted molar refractivity (Wildman–Crippen MR) is 129 cm³/mol. The summed E-state index contributed by atoms with van der Waals surface area (Å²) in [5.74, 6) is 1.17. The van der Waals surface area contributed by atoms with E-state index in [-0.39, 0.29) is 71.9 Å². The molecule has 2 aromatic rings. The summed E-state index contributed by atoms with van der Waals surface area (Å²) >= 11 is 0. The largest absolute Gasteiger partial charge is 3.00 e. The van der Waals surface area contributed by atoms with Gasteiger partial charge in [0, 0.05) is 38.0 Å². The Morgan fingerprint density at radius 3 is 2.31 bits per heavy atom. The van der Waals surface area contributed by atoms with E-state index in [1.165, 1.54) is 5.48 Å². The molecule has 0 saturated carbocycles. The number of hydroxylamine groups is 1. The summed E-state index contributed by atoms with van der Waals surface area (Å²) in [5, 5.41) is 12.7. The van der Waals surface area contributed by atoms with E-state index in [0.717, 1.165) is 34.9 Å². The van der Waals surface area contributed by atoms with Crippen molar-refractivity contribution in [2.45, 2.75) is 36.9 Å². The third-order valence-corrected chi connectivity index (χ3v) is 8.23. The molecule has 3 rings (SSSR count). The van der Waals surface area contributed by atoms with E-state index in [2.05, 4.69) is 30.9 Å². The number of hydrogen-bond acceptors (Lipinski definition) is 9. The van der Waals surface area contributed by atoms with Crippen LogP contribution in [-0.4, -0.2) is 72.1 Å². The molecule has 2 heterocycles. The smallest absolute Gasteiger partial charge is 0.497 e. The number of methoxy groups -OCH3 is 1. The van der Waals surface area contributed by atoms with E-state index in [1.54, 1.807) is 7.11 Å². The molecule has 11 nitrogen and oxygen atoms in total. The predicted octanol–water partition coefficient (Wildman–Crippen LogP) is 2.24. The summed E-state index contributed by atoms with van der Waals surface area (Å²) in [6.07, 6.45) is 2.62. The molecule has 1 aliphatic heterocycles. The van der Waals surface area contributed by atoms with Crippen molar-refractivity contribution in [3.63, 3.8) is 0 Å². The number of aromatic nitrogens is 2. The van der Waals surface area contributed by atoms with Gasteiger partial charge in [-0.3, -0.25) is 14.3 Å². The number of amides is 1. The van der Waals surface area contributed by atoms with Crippen molar-refractivity contribution in [1.82, 2.24) is 19.9 Å². The van der Waals surface area contributed by atoms with Crippen molar-refractivity contribution in [1.29, 1.82) is 0 Å². The van der Waals surface area contributed by atoms with Gasteiger partial charge in [0.15, 0.2) is 4.75 Å². The maximum Gasteiger partial charge on any atom is 3.00 e. The summed E-state index contributed by atoms with van der Waals surface area (Å²) in [5.41, 5.74) is 2.37. The fourth-order valence-electron chi connectivity index (χ4n) is 3.49. The zero-order valence-electron chi connectivity index (χ0n) is 20.5. The first-order chi connectivity index (χ1) is 16.8. The van der Waals surface area contributed by atoms with Crippen molar-refractivity contribution >= 4 is 15.9 Å². The molecule has 196 valence electrons. The molecule has 1 aliphatic rings. The van der Waals surface area contributed by atoms with Crippen molar-refractivity contribution in [2.75, 3.05) is 33.4 Å². The molecule has 0 radical (unpaired) electrons. The van der Waals surface area contributed by atoms with Crippen LogP contribution in [-0.2, 0) is 58.7 Å². The minimum atomic E-state index is -3.94. The van der Waals surface area contributed by atoms with Crippen LogP contribution in [0.2, 0.25) is 0 Å². The number of ether oxygens (including phenoxy) is 2. The third-order valence-electron chi connectivity index (χ3n) is 5.61. The number of carbonyl (C=O) groups excluding carboxylic acids is 1. The monoisotopic (exact) mass is 598 g/mol. The number of unbranched alkanes of at least 4 members (excludes halogenated alkanes) is 1. The summed E-state index contributed by atoms with van der Waals surface area (Å²) in [6, 6.07) is 7.58. The van der Waals surface area contributed by atoms with Gasteiger partial charge in [0.2, 0.25) is 21.7 Å². The second-order valence-electron chi connectivity index (χ2n) is 7.65. The average molecular weight is 599 g/mol. The Morgan fingerprint density at radius 1 is 1.19 bits per heavy atom. The zero-order valence-corrected chi connectivity index (χ0v) is 24.2. The molecular formula is C23H33N4O7SY. The van der Waals surface area contributed by atoms with Gasteiger partial charge in [-0.15, -0.1) is 13.1 Å². The summed E-state index contributed by atoms with van der Waals surface area (Å²) in [7, 11) is -2.30.